The monoisotopic (exact) mass is 311 g/mol. The first-order valence-electron chi connectivity index (χ1n) is 7.02. The van der Waals surface area contributed by atoms with Crippen LogP contribution in [0.1, 0.15) is 34.4 Å². The van der Waals surface area contributed by atoms with E-state index in [4.69, 9.17) is 0 Å². The van der Waals surface area contributed by atoms with Crippen molar-refractivity contribution in [1.82, 2.24) is 0 Å². The molecule has 0 aliphatic heterocycles. The molecule has 1 heterocycles. The highest BCUT2D eigenvalue weighted by Crippen LogP contribution is 2.39. The number of non-ortho nitro benzene ring substituents is 1. The maximum absolute atomic E-state index is 10.6. The Bertz CT molecular complexity index is 785. The molecule has 0 N–H and O–H groups in total. The van der Waals surface area contributed by atoms with Crippen LogP contribution in [0.15, 0.2) is 29.3 Å². The van der Waals surface area contributed by atoms with E-state index < -0.39 is 4.92 Å². The summed E-state index contributed by atoms with van der Waals surface area (Å²) in [5.41, 5.74) is 2.69. The second kappa shape index (κ2) is 6.08. The summed E-state index contributed by atoms with van der Waals surface area (Å²) in [5, 5.41) is 20.7. The van der Waals surface area contributed by atoms with E-state index in [1.165, 1.54) is 23.4 Å². The second-order valence-electron chi connectivity index (χ2n) is 5.11. The summed E-state index contributed by atoms with van der Waals surface area (Å²) >= 11 is 1.59. The van der Waals surface area contributed by atoms with Crippen LogP contribution < -0.4 is 0 Å². The standard InChI is InChI=1S/C16H13N3O2S/c17-9-14-13-3-1-2-4-15(13)22-16(14)18-10-11-5-7-12(8-6-11)19(20)21/h5-8,10H,1-4H2. The zero-order valence-corrected chi connectivity index (χ0v) is 12.6. The SMILES string of the molecule is N#Cc1c(N=Cc2ccc([N+](=O)[O-])cc2)sc2c1CCCC2. The molecule has 110 valence electrons. The molecule has 0 amide bonds. The van der Waals surface area contributed by atoms with E-state index in [0.717, 1.165) is 35.4 Å². The van der Waals surface area contributed by atoms with Crippen LogP contribution in [-0.4, -0.2) is 11.1 Å². The van der Waals surface area contributed by atoms with Crippen LogP contribution in [0.4, 0.5) is 10.7 Å². The Morgan fingerprint density at radius 3 is 2.68 bits per heavy atom. The number of aliphatic imine (C=N–C) groups is 1. The number of nitro groups is 1. The Hall–Kier alpha value is -2.52. The lowest BCUT2D eigenvalue weighted by Gasteiger charge is -2.09. The Kier molecular flexibility index (Phi) is 3.98. The fourth-order valence-corrected chi connectivity index (χ4v) is 3.76. The Balaban J connectivity index is 1.88. The minimum absolute atomic E-state index is 0.0569. The van der Waals surface area contributed by atoms with Gasteiger partial charge in [-0.25, -0.2) is 4.99 Å². The molecule has 0 radical (unpaired) electrons. The molecule has 0 bridgehead atoms. The number of fused-ring (bicyclic) bond motifs is 1. The van der Waals surface area contributed by atoms with Crippen molar-refractivity contribution in [2.24, 2.45) is 4.99 Å². The lowest BCUT2D eigenvalue weighted by atomic mass is 9.96. The zero-order valence-electron chi connectivity index (χ0n) is 11.8. The third kappa shape index (κ3) is 2.76. The summed E-state index contributed by atoms with van der Waals surface area (Å²) in [7, 11) is 0. The number of rotatable bonds is 3. The summed E-state index contributed by atoms with van der Waals surface area (Å²) in [6.45, 7) is 0. The second-order valence-corrected chi connectivity index (χ2v) is 6.19. The Labute approximate surface area is 131 Å². The zero-order chi connectivity index (χ0) is 15.5. The Morgan fingerprint density at radius 2 is 2.00 bits per heavy atom. The predicted molar refractivity (Wildman–Crippen MR) is 86.0 cm³/mol. The van der Waals surface area contributed by atoms with Crippen LogP contribution >= 0.6 is 11.3 Å². The number of benzene rings is 1. The Morgan fingerprint density at radius 1 is 1.27 bits per heavy atom. The first-order chi connectivity index (χ1) is 10.7. The van der Waals surface area contributed by atoms with Gasteiger partial charge in [0.25, 0.3) is 5.69 Å². The van der Waals surface area contributed by atoms with E-state index in [-0.39, 0.29) is 5.69 Å². The van der Waals surface area contributed by atoms with Gasteiger partial charge in [0.2, 0.25) is 0 Å². The largest absolute Gasteiger partial charge is 0.269 e. The van der Waals surface area contributed by atoms with Crippen LogP contribution in [0, 0.1) is 21.4 Å². The van der Waals surface area contributed by atoms with E-state index >= 15 is 0 Å². The molecule has 0 unspecified atom stereocenters. The molecule has 0 fully saturated rings. The molecule has 1 aromatic heterocycles. The van der Waals surface area contributed by atoms with E-state index in [1.54, 1.807) is 29.7 Å². The third-order valence-corrected chi connectivity index (χ3v) is 4.90. The lowest BCUT2D eigenvalue weighted by Crippen LogP contribution is -1.99. The van der Waals surface area contributed by atoms with Gasteiger partial charge in [0, 0.05) is 23.2 Å². The molecular formula is C16H13N3O2S. The van der Waals surface area contributed by atoms with E-state index in [2.05, 4.69) is 11.1 Å². The van der Waals surface area contributed by atoms with Crippen molar-refractivity contribution in [3.8, 4) is 6.07 Å². The average Bonchev–Trinajstić information content (AvgIpc) is 2.90. The van der Waals surface area contributed by atoms with Gasteiger partial charge in [0.15, 0.2) is 0 Å². The first-order valence-corrected chi connectivity index (χ1v) is 7.84. The summed E-state index contributed by atoms with van der Waals surface area (Å²) < 4.78 is 0. The summed E-state index contributed by atoms with van der Waals surface area (Å²) in [5.74, 6) is 0. The van der Waals surface area contributed by atoms with Crippen molar-refractivity contribution in [2.75, 3.05) is 0 Å². The fraction of sp³-hybridized carbons (Fsp3) is 0.250. The maximum Gasteiger partial charge on any atom is 0.269 e. The van der Waals surface area contributed by atoms with Gasteiger partial charge in [0.1, 0.15) is 11.1 Å². The van der Waals surface area contributed by atoms with Crippen molar-refractivity contribution < 1.29 is 4.92 Å². The van der Waals surface area contributed by atoms with Crippen molar-refractivity contribution in [2.45, 2.75) is 25.7 Å². The van der Waals surface area contributed by atoms with Gasteiger partial charge in [-0.2, -0.15) is 5.26 Å². The van der Waals surface area contributed by atoms with E-state index in [0.29, 0.717) is 5.56 Å². The summed E-state index contributed by atoms with van der Waals surface area (Å²) in [4.78, 5) is 15.9. The molecule has 6 heteroatoms. The van der Waals surface area contributed by atoms with Gasteiger partial charge in [-0.1, -0.05) is 0 Å². The highest BCUT2D eigenvalue weighted by molar-refractivity contribution is 7.16. The quantitative estimate of drug-likeness (QED) is 0.485. The smallest absolute Gasteiger partial charge is 0.258 e. The molecule has 0 atom stereocenters. The summed E-state index contributed by atoms with van der Waals surface area (Å²) in [6, 6.07) is 8.48. The predicted octanol–water partition coefficient (Wildman–Crippen LogP) is 4.16. The van der Waals surface area contributed by atoms with Crippen molar-refractivity contribution in [1.29, 1.82) is 5.26 Å². The number of aryl methyl sites for hydroxylation is 1. The molecule has 0 spiro atoms. The highest BCUT2D eigenvalue weighted by atomic mass is 32.1. The molecule has 2 aromatic rings. The molecular weight excluding hydrogens is 298 g/mol. The highest BCUT2D eigenvalue weighted by Gasteiger charge is 2.20. The topological polar surface area (TPSA) is 79.3 Å². The van der Waals surface area contributed by atoms with Gasteiger partial charge in [0.05, 0.1) is 10.5 Å². The number of nitrogens with zero attached hydrogens (tertiary/aromatic N) is 3. The van der Waals surface area contributed by atoms with Gasteiger partial charge in [-0.15, -0.1) is 11.3 Å². The molecule has 0 saturated carbocycles. The minimum Gasteiger partial charge on any atom is -0.258 e. The van der Waals surface area contributed by atoms with Crippen molar-refractivity contribution in [3.05, 3.63) is 55.9 Å². The van der Waals surface area contributed by atoms with Crippen molar-refractivity contribution in [3.63, 3.8) is 0 Å². The van der Waals surface area contributed by atoms with Crippen LogP contribution in [0.3, 0.4) is 0 Å². The minimum atomic E-state index is -0.429. The maximum atomic E-state index is 10.6. The fourth-order valence-electron chi connectivity index (χ4n) is 2.57. The first kappa shape index (κ1) is 14.4. The number of thiophene rings is 1. The molecule has 0 saturated heterocycles. The van der Waals surface area contributed by atoms with Gasteiger partial charge in [-0.3, -0.25) is 10.1 Å². The lowest BCUT2D eigenvalue weighted by molar-refractivity contribution is -0.384. The number of nitro benzene ring substituents is 1. The molecule has 5 nitrogen and oxygen atoms in total. The van der Waals surface area contributed by atoms with Crippen LogP contribution in [0.5, 0.6) is 0 Å². The van der Waals surface area contributed by atoms with Gasteiger partial charge < -0.3 is 0 Å². The average molecular weight is 311 g/mol. The van der Waals surface area contributed by atoms with Gasteiger partial charge >= 0.3 is 0 Å². The van der Waals surface area contributed by atoms with E-state index in [1.807, 2.05) is 0 Å². The van der Waals surface area contributed by atoms with E-state index in [9.17, 15) is 15.4 Å². The normalized spacial score (nSPS) is 13.8. The molecule has 3 rings (SSSR count). The molecule has 1 aliphatic rings. The number of nitriles is 1. The molecule has 1 aliphatic carbocycles. The molecule has 22 heavy (non-hydrogen) atoms. The third-order valence-electron chi connectivity index (χ3n) is 3.70. The number of hydrogen-bond acceptors (Lipinski definition) is 5. The van der Waals surface area contributed by atoms with Crippen LogP contribution in [0.2, 0.25) is 0 Å². The van der Waals surface area contributed by atoms with Crippen molar-refractivity contribution >= 4 is 28.2 Å². The summed E-state index contributed by atoms with van der Waals surface area (Å²) in [6.07, 6.45) is 5.94. The molecule has 1 aromatic carbocycles. The number of hydrogen-bond donors (Lipinski definition) is 0. The van der Waals surface area contributed by atoms with Crippen LogP contribution in [0.25, 0.3) is 0 Å². The van der Waals surface area contributed by atoms with Crippen LogP contribution in [-0.2, 0) is 12.8 Å². The van der Waals surface area contributed by atoms with Gasteiger partial charge in [-0.05, 0) is 48.9 Å².